The fraction of sp³-hybridized carbons (Fsp3) is 0.667. The first-order chi connectivity index (χ1) is 8.90. The van der Waals surface area contributed by atoms with Crippen LogP contribution in [0.5, 0.6) is 0 Å². The number of carboxylic acids is 1. The summed E-state index contributed by atoms with van der Waals surface area (Å²) in [5, 5.41) is 16.3. The van der Waals surface area contributed by atoms with E-state index >= 15 is 0 Å². The first-order valence-corrected chi connectivity index (χ1v) is 6.24. The molecule has 1 unspecified atom stereocenters. The molecule has 0 spiro atoms. The largest absolute Gasteiger partial charge is 0.481 e. The lowest BCUT2D eigenvalue weighted by molar-refractivity contribution is -0.137. The molecule has 106 valence electrons. The van der Waals surface area contributed by atoms with Crippen LogP contribution in [0.1, 0.15) is 32.6 Å². The summed E-state index contributed by atoms with van der Waals surface area (Å²) < 4.78 is 0. The number of aliphatic carboxylic acids is 1. The van der Waals surface area contributed by atoms with Crippen molar-refractivity contribution in [1.82, 2.24) is 10.3 Å². The topological polar surface area (TPSA) is 99.1 Å². The van der Waals surface area contributed by atoms with Crippen LogP contribution in [0.15, 0.2) is 5.10 Å². The highest BCUT2D eigenvalue weighted by molar-refractivity contribution is 6.39. The molecule has 0 saturated heterocycles. The van der Waals surface area contributed by atoms with E-state index in [4.69, 9.17) is 5.11 Å². The van der Waals surface area contributed by atoms with Gasteiger partial charge >= 0.3 is 5.97 Å². The van der Waals surface area contributed by atoms with Gasteiger partial charge in [-0.1, -0.05) is 6.92 Å². The molecule has 0 fully saturated rings. The van der Waals surface area contributed by atoms with Crippen molar-refractivity contribution < 1.29 is 19.5 Å². The first kappa shape index (κ1) is 15.1. The van der Waals surface area contributed by atoms with Crippen molar-refractivity contribution in [3.63, 3.8) is 0 Å². The third-order valence-corrected chi connectivity index (χ3v) is 2.93. The van der Waals surface area contributed by atoms with Gasteiger partial charge in [0.15, 0.2) is 0 Å². The van der Waals surface area contributed by atoms with Crippen molar-refractivity contribution in [2.24, 2.45) is 11.0 Å². The van der Waals surface area contributed by atoms with Crippen LogP contribution in [0.3, 0.4) is 0 Å². The lowest BCUT2D eigenvalue weighted by Gasteiger charge is -2.19. The summed E-state index contributed by atoms with van der Waals surface area (Å²) in [5.74, 6) is -1.15. The zero-order valence-corrected chi connectivity index (χ0v) is 11.2. The van der Waals surface area contributed by atoms with E-state index in [9.17, 15) is 14.4 Å². The van der Waals surface area contributed by atoms with Crippen molar-refractivity contribution in [1.29, 1.82) is 0 Å². The zero-order valence-electron chi connectivity index (χ0n) is 11.2. The number of amides is 2. The molecule has 0 aromatic rings. The van der Waals surface area contributed by atoms with Crippen LogP contribution in [-0.4, -0.2) is 47.2 Å². The van der Waals surface area contributed by atoms with Crippen LogP contribution in [-0.2, 0) is 14.4 Å². The van der Waals surface area contributed by atoms with E-state index in [0.717, 1.165) is 0 Å². The fourth-order valence-corrected chi connectivity index (χ4v) is 1.67. The van der Waals surface area contributed by atoms with Gasteiger partial charge in [0, 0.05) is 32.9 Å². The van der Waals surface area contributed by atoms with Crippen LogP contribution in [0.25, 0.3) is 0 Å². The molecule has 7 heteroatoms. The number of rotatable bonds is 6. The van der Waals surface area contributed by atoms with Crippen molar-refractivity contribution in [2.75, 3.05) is 13.6 Å². The van der Waals surface area contributed by atoms with Gasteiger partial charge in [0.05, 0.1) is 0 Å². The molecule has 0 aromatic carbocycles. The highest BCUT2D eigenvalue weighted by Crippen LogP contribution is 2.08. The molecule has 7 nitrogen and oxygen atoms in total. The van der Waals surface area contributed by atoms with E-state index in [1.54, 1.807) is 0 Å². The maximum atomic E-state index is 11.8. The van der Waals surface area contributed by atoms with Crippen molar-refractivity contribution in [3.8, 4) is 0 Å². The third kappa shape index (κ3) is 5.07. The van der Waals surface area contributed by atoms with Crippen molar-refractivity contribution in [2.45, 2.75) is 32.6 Å². The van der Waals surface area contributed by atoms with Gasteiger partial charge in [-0.2, -0.15) is 5.10 Å². The van der Waals surface area contributed by atoms with Crippen molar-refractivity contribution >= 4 is 23.5 Å². The van der Waals surface area contributed by atoms with Crippen LogP contribution >= 0.6 is 0 Å². The Kier molecular flexibility index (Phi) is 5.47. The highest BCUT2D eigenvalue weighted by Gasteiger charge is 2.21. The number of hydrogen-bond donors (Lipinski definition) is 2. The second kappa shape index (κ2) is 6.86. The second-order valence-electron chi connectivity index (χ2n) is 4.71. The van der Waals surface area contributed by atoms with E-state index in [1.807, 2.05) is 6.92 Å². The molecule has 1 rings (SSSR count). The third-order valence-electron chi connectivity index (χ3n) is 2.93. The number of carbonyl (C=O) groups excluding carboxylic acids is 2. The molecule has 0 saturated carbocycles. The number of hydrazone groups is 1. The Balaban J connectivity index is 2.37. The lowest BCUT2D eigenvalue weighted by Crippen LogP contribution is -2.39. The second-order valence-corrected chi connectivity index (χ2v) is 4.71. The number of nitrogens with zero attached hydrogens (tertiary/aromatic N) is 2. The Hall–Kier alpha value is -1.92. The predicted molar refractivity (Wildman–Crippen MR) is 68.5 cm³/mol. The molecule has 0 radical (unpaired) electrons. The van der Waals surface area contributed by atoms with Crippen LogP contribution < -0.4 is 5.32 Å². The molecule has 2 amide bonds. The Morgan fingerprint density at radius 3 is 2.74 bits per heavy atom. The fourth-order valence-electron chi connectivity index (χ4n) is 1.67. The van der Waals surface area contributed by atoms with Gasteiger partial charge in [0.25, 0.3) is 5.91 Å². The number of nitrogens with one attached hydrogen (secondary N) is 1. The van der Waals surface area contributed by atoms with E-state index < -0.39 is 5.97 Å². The minimum atomic E-state index is -0.838. The number of carbonyl (C=O) groups is 3. The molecule has 1 atom stereocenters. The monoisotopic (exact) mass is 269 g/mol. The Morgan fingerprint density at radius 1 is 1.47 bits per heavy atom. The number of hydrogen-bond acceptors (Lipinski definition) is 4. The molecule has 1 heterocycles. The van der Waals surface area contributed by atoms with Crippen LogP contribution in [0.2, 0.25) is 0 Å². The van der Waals surface area contributed by atoms with Gasteiger partial charge in [0.2, 0.25) is 5.91 Å². The van der Waals surface area contributed by atoms with E-state index in [2.05, 4.69) is 10.4 Å². The van der Waals surface area contributed by atoms with E-state index in [-0.39, 0.29) is 30.6 Å². The summed E-state index contributed by atoms with van der Waals surface area (Å²) >= 11 is 0. The van der Waals surface area contributed by atoms with Crippen LogP contribution in [0, 0.1) is 5.92 Å². The van der Waals surface area contributed by atoms with Gasteiger partial charge in [-0.05, 0) is 12.3 Å². The van der Waals surface area contributed by atoms with Gasteiger partial charge in [0.1, 0.15) is 5.71 Å². The molecule has 19 heavy (non-hydrogen) atoms. The minimum absolute atomic E-state index is 0.0867. The molecule has 0 bridgehead atoms. The summed E-state index contributed by atoms with van der Waals surface area (Å²) in [6.45, 7) is 2.28. The average Bonchev–Trinajstić information content (AvgIpc) is 2.36. The summed E-state index contributed by atoms with van der Waals surface area (Å²) in [6, 6.07) is 0. The zero-order chi connectivity index (χ0) is 14.4. The van der Waals surface area contributed by atoms with Crippen molar-refractivity contribution in [3.05, 3.63) is 0 Å². The summed E-state index contributed by atoms with van der Waals surface area (Å²) in [7, 11) is 1.52. The smallest absolute Gasteiger partial charge is 0.303 e. The molecule has 1 aliphatic heterocycles. The molecule has 0 aromatic heterocycles. The first-order valence-electron chi connectivity index (χ1n) is 6.24. The average molecular weight is 269 g/mol. The Bertz CT molecular complexity index is 406. The van der Waals surface area contributed by atoms with Gasteiger partial charge < -0.3 is 10.4 Å². The van der Waals surface area contributed by atoms with E-state index in [1.165, 1.54) is 12.1 Å². The molecule has 0 aliphatic carbocycles. The van der Waals surface area contributed by atoms with Gasteiger partial charge in [-0.3, -0.25) is 14.4 Å². The summed E-state index contributed by atoms with van der Waals surface area (Å²) in [6.07, 6.45) is 1.24. The number of carboxylic acid groups (broad SMARTS) is 1. The van der Waals surface area contributed by atoms with Crippen LogP contribution in [0.4, 0.5) is 0 Å². The normalized spacial score (nSPS) is 16.8. The molecular formula is C12H19N3O4. The molecular weight excluding hydrogens is 250 g/mol. The lowest BCUT2D eigenvalue weighted by atomic mass is 10.1. The summed E-state index contributed by atoms with van der Waals surface area (Å²) in [4.78, 5) is 33.4. The highest BCUT2D eigenvalue weighted by atomic mass is 16.4. The maximum absolute atomic E-state index is 11.8. The standard InChI is InChI=1S/C12H19N3O4/c1-8(3-6-11(17)18)7-13-12(19)9-4-5-10(16)15(2)14-9/h8H,3-7H2,1-2H3,(H,13,19)(H,17,18). The molecule has 1 aliphatic rings. The molecule has 2 N–H and O–H groups in total. The van der Waals surface area contributed by atoms with E-state index in [0.29, 0.717) is 25.1 Å². The van der Waals surface area contributed by atoms with Gasteiger partial charge in [-0.15, -0.1) is 0 Å². The maximum Gasteiger partial charge on any atom is 0.303 e. The summed E-state index contributed by atoms with van der Waals surface area (Å²) in [5.41, 5.74) is 0.340. The quantitative estimate of drug-likeness (QED) is 0.720. The minimum Gasteiger partial charge on any atom is -0.481 e. The Morgan fingerprint density at radius 2 is 2.16 bits per heavy atom. The predicted octanol–water partition coefficient (Wildman–Crippen LogP) is 0.212. The van der Waals surface area contributed by atoms with Gasteiger partial charge in [-0.25, -0.2) is 5.01 Å². The Labute approximate surface area is 111 Å². The SMILES string of the molecule is CC(CCC(=O)O)CNC(=O)C1=NN(C)C(=O)CC1.